The summed E-state index contributed by atoms with van der Waals surface area (Å²) in [5.74, 6) is -1.75. The van der Waals surface area contributed by atoms with Crippen LogP contribution < -0.4 is 0 Å². The summed E-state index contributed by atoms with van der Waals surface area (Å²) in [5, 5.41) is 8.83. The molecule has 0 fully saturated rings. The molecule has 0 atom stereocenters. The third kappa shape index (κ3) is 2.29. The smallest absolute Gasteiger partial charge is 0.295 e. The van der Waals surface area contributed by atoms with Crippen molar-refractivity contribution >= 4 is 32.7 Å². The number of halogens is 2. The summed E-state index contributed by atoms with van der Waals surface area (Å²) in [5.41, 5.74) is 0. The number of phenolic OH excluding ortho intramolecular Hbond substituents is 1. The molecule has 0 unspecified atom stereocenters. The molecule has 2 N–H and O–H groups in total. The molecule has 0 aliphatic carbocycles. The van der Waals surface area contributed by atoms with Gasteiger partial charge in [0.15, 0.2) is 11.6 Å². The highest BCUT2D eigenvalue weighted by Gasteiger charge is 2.17. The Morgan fingerprint density at radius 3 is 2.38 bits per heavy atom. The SMILES string of the molecule is O=S(=O)(O)c1cc(F)c(O)cc1I. The van der Waals surface area contributed by atoms with Crippen LogP contribution in [0.1, 0.15) is 0 Å². The van der Waals surface area contributed by atoms with Crippen molar-refractivity contribution in [2.24, 2.45) is 0 Å². The molecule has 1 aromatic rings. The summed E-state index contributed by atoms with van der Waals surface area (Å²) in [6, 6.07) is 1.48. The predicted molar refractivity (Wildman–Crippen MR) is 50.6 cm³/mol. The Labute approximate surface area is 87.3 Å². The lowest BCUT2D eigenvalue weighted by Gasteiger charge is -2.02. The van der Waals surface area contributed by atoms with Crippen molar-refractivity contribution in [2.75, 3.05) is 0 Å². The van der Waals surface area contributed by atoms with Gasteiger partial charge < -0.3 is 5.11 Å². The molecular formula is C6H4FIO4S. The summed E-state index contributed by atoms with van der Waals surface area (Å²) in [7, 11) is -4.43. The molecule has 0 saturated carbocycles. The minimum absolute atomic E-state index is 0.0546. The van der Waals surface area contributed by atoms with E-state index >= 15 is 0 Å². The zero-order valence-corrected chi connectivity index (χ0v) is 9.00. The van der Waals surface area contributed by atoms with E-state index in [9.17, 15) is 12.8 Å². The van der Waals surface area contributed by atoms with E-state index in [0.717, 1.165) is 6.07 Å². The van der Waals surface area contributed by atoms with Crippen LogP contribution in [-0.2, 0) is 10.1 Å². The third-order valence-corrected chi connectivity index (χ3v) is 3.43. The molecule has 1 rings (SSSR count). The lowest BCUT2D eigenvalue weighted by molar-refractivity contribution is 0.429. The van der Waals surface area contributed by atoms with Crippen molar-refractivity contribution in [1.29, 1.82) is 0 Å². The monoisotopic (exact) mass is 318 g/mol. The van der Waals surface area contributed by atoms with Gasteiger partial charge in [-0.25, -0.2) is 4.39 Å². The number of hydrogen-bond acceptors (Lipinski definition) is 3. The van der Waals surface area contributed by atoms with Crippen LogP contribution in [0, 0.1) is 9.39 Å². The lowest BCUT2D eigenvalue weighted by Crippen LogP contribution is -2.01. The molecule has 0 saturated heterocycles. The standard InChI is InChI=1S/C6H4FIO4S/c7-3-1-6(13(10,11)12)4(8)2-5(3)9/h1-2,9H,(H,10,11,12). The fraction of sp³-hybridized carbons (Fsp3) is 0. The second-order valence-corrected chi connectivity index (χ2v) is 4.76. The second-order valence-electron chi connectivity index (χ2n) is 2.21. The van der Waals surface area contributed by atoms with E-state index in [1.54, 1.807) is 22.6 Å². The van der Waals surface area contributed by atoms with Gasteiger partial charge in [0.25, 0.3) is 10.1 Å². The van der Waals surface area contributed by atoms with E-state index in [-0.39, 0.29) is 3.57 Å². The van der Waals surface area contributed by atoms with Gasteiger partial charge in [0.05, 0.1) is 0 Å². The maximum atomic E-state index is 12.7. The number of benzene rings is 1. The van der Waals surface area contributed by atoms with E-state index in [1.807, 2.05) is 0 Å². The Morgan fingerprint density at radius 1 is 1.38 bits per heavy atom. The molecule has 0 heterocycles. The van der Waals surface area contributed by atoms with Crippen molar-refractivity contribution < 1.29 is 22.5 Å². The van der Waals surface area contributed by atoms with Gasteiger partial charge in [-0.15, -0.1) is 0 Å². The van der Waals surface area contributed by atoms with Crippen LogP contribution in [-0.4, -0.2) is 18.1 Å². The zero-order valence-electron chi connectivity index (χ0n) is 6.03. The summed E-state index contributed by atoms with van der Waals surface area (Å²) >= 11 is 1.56. The van der Waals surface area contributed by atoms with Crippen LogP contribution in [0.15, 0.2) is 17.0 Å². The van der Waals surface area contributed by atoms with Crippen LogP contribution in [0.25, 0.3) is 0 Å². The van der Waals surface area contributed by atoms with Gasteiger partial charge in [0.1, 0.15) is 4.90 Å². The maximum absolute atomic E-state index is 12.7. The fourth-order valence-electron chi connectivity index (χ4n) is 0.716. The van der Waals surface area contributed by atoms with Crippen LogP contribution in [0.2, 0.25) is 0 Å². The van der Waals surface area contributed by atoms with E-state index < -0.39 is 26.6 Å². The summed E-state index contributed by atoms with van der Waals surface area (Å²) in [4.78, 5) is -0.552. The van der Waals surface area contributed by atoms with Crippen molar-refractivity contribution in [3.8, 4) is 5.75 Å². The largest absolute Gasteiger partial charge is 0.505 e. The Kier molecular flexibility index (Phi) is 2.78. The molecule has 4 nitrogen and oxygen atoms in total. The van der Waals surface area contributed by atoms with Crippen LogP contribution >= 0.6 is 22.6 Å². The summed E-state index contributed by atoms with van der Waals surface area (Å²) < 4.78 is 42.6. The normalized spacial score (nSPS) is 11.6. The molecule has 0 amide bonds. The van der Waals surface area contributed by atoms with Crippen LogP contribution in [0.4, 0.5) is 4.39 Å². The van der Waals surface area contributed by atoms with E-state index in [0.29, 0.717) is 6.07 Å². The van der Waals surface area contributed by atoms with Crippen LogP contribution in [0.3, 0.4) is 0 Å². The van der Waals surface area contributed by atoms with E-state index in [1.165, 1.54) is 0 Å². The van der Waals surface area contributed by atoms with Crippen molar-refractivity contribution in [2.45, 2.75) is 4.90 Å². The minimum Gasteiger partial charge on any atom is -0.505 e. The molecule has 72 valence electrons. The number of hydrogen-bond donors (Lipinski definition) is 2. The Hall–Kier alpha value is -0.410. The summed E-state index contributed by atoms with van der Waals surface area (Å²) in [6.45, 7) is 0. The Morgan fingerprint density at radius 2 is 1.92 bits per heavy atom. The van der Waals surface area contributed by atoms with Gasteiger partial charge in [-0.05, 0) is 34.7 Å². The molecule has 0 aromatic heterocycles. The number of phenols is 1. The first-order chi connectivity index (χ1) is 5.82. The molecule has 1 aromatic carbocycles. The third-order valence-electron chi connectivity index (χ3n) is 1.28. The highest BCUT2D eigenvalue weighted by atomic mass is 127. The van der Waals surface area contributed by atoms with Crippen molar-refractivity contribution in [3.63, 3.8) is 0 Å². The minimum atomic E-state index is -4.43. The van der Waals surface area contributed by atoms with Crippen molar-refractivity contribution in [3.05, 3.63) is 21.5 Å². The first kappa shape index (κ1) is 10.7. The predicted octanol–water partition coefficient (Wildman–Crippen LogP) is 1.38. The van der Waals surface area contributed by atoms with E-state index in [4.69, 9.17) is 9.66 Å². The maximum Gasteiger partial charge on any atom is 0.295 e. The Bertz CT molecular complexity index is 442. The topological polar surface area (TPSA) is 74.6 Å². The fourth-order valence-corrected chi connectivity index (χ4v) is 2.56. The summed E-state index contributed by atoms with van der Waals surface area (Å²) in [6.07, 6.45) is 0. The van der Waals surface area contributed by atoms with Gasteiger partial charge in [-0.3, -0.25) is 4.55 Å². The van der Waals surface area contributed by atoms with Gasteiger partial charge in [-0.2, -0.15) is 8.42 Å². The molecule has 0 spiro atoms. The number of rotatable bonds is 1. The average Bonchev–Trinajstić information content (AvgIpc) is 1.94. The molecule has 13 heavy (non-hydrogen) atoms. The Balaban J connectivity index is 3.50. The average molecular weight is 318 g/mol. The molecule has 0 radical (unpaired) electrons. The molecule has 0 aliphatic rings. The van der Waals surface area contributed by atoms with E-state index in [2.05, 4.69) is 0 Å². The first-order valence-electron chi connectivity index (χ1n) is 2.98. The first-order valence-corrected chi connectivity index (χ1v) is 5.50. The lowest BCUT2D eigenvalue weighted by atomic mass is 10.3. The molecular weight excluding hydrogens is 314 g/mol. The van der Waals surface area contributed by atoms with Crippen molar-refractivity contribution in [1.82, 2.24) is 0 Å². The quantitative estimate of drug-likeness (QED) is 0.606. The van der Waals surface area contributed by atoms with Gasteiger partial charge in [0, 0.05) is 3.57 Å². The second kappa shape index (κ2) is 3.39. The highest BCUT2D eigenvalue weighted by Crippen LogP contribution is 2.25. The van der Waals surface area contributed by atoms with Gasteiger partial charge >= 0.3 is 0 Å². The van der Waals surface area contributed by atoms with Gasteiger partial charge in [0.2, 0.25) is 0 Å². The van der Waals surface area contributed by atoms with Crippen LogP contribution in [0.5, 0.6) is 5.75 Å². The zero-order chi connectivity index (χ0) is 10.2. The van der Waals surface area contributed by atoms with Gasteiger partial charge in [-0.1, -0.05) is 0 Å². The molecule has 0 aliphatic heterocycles. The number of aromatic hydroxyl groups is 1. The molecule has 7 heteroatoms. The highest BCUT2D eigenvalue weighted by molar-refractivity contribution is 14.1. The molecule has 0 bridgehead atoms.